The first-order chi connectivity index (χ1) is 10.6. The summed E-state index contributed by atoms with van der Waals surface area (Å²) in [5.74, 6) is 2.00. The Morgan fingerprint density at radius 1 is 1.22 bits per heavy atom. The summed E-state index contributed by atoms with van der Waals surface area (Å²) in [6.07, 6.45) is 2.55. The molecule has 0 heterocycles. The number of halogens is 2. The summed E-state index contributed by atoms with van der Waals surface area (Å²) in [6.45, 7) is 6.17. The number of ether oxygens (including phenoxy) is 2. The van der Waals surface area contributed by atoms with Gasteiger partial charge in [0.25, 0.3) is 0 Å². The normalized spacial score (nSPS) is 13.2. The predicted molar refractivity (Wildman–Crippen MR) is 98.0 cm³/mol. The van der Waals surface area contributed by atoms with Crippen LogP contribution in [-0.4, -0.2) is 32.2 Å². The van der Waals surface area contributed by atoms with Gasteiger partial charge in [-0.25, -0.2) is 0 Å². The first-order valence-corrected chi connectivity index (χ1v) is 8.53. The zero-order valence-corrected chi connectivity index (χ0v) is 15.9. The van der Waals surface area contributed by atoms with Crippen molar-refractivity contribution in [3.8, 4) is 11.5 Å². The van der Waals surface area contributed by atoms with Gasteiger partial charge in [-0.1, -0.05) is 0 Å². The van der Waals surface area contributed by atoms with Crippen molar-refractivity contribution in [1.82, 2.24) is 5.32 Å². The summed E-state index contributed by atoms with van der Waals surface area (Å²) in [5.41, 5.74) is 0.685. The second kappa shape index (κ2) is 10.0. The largest absolute Gasteiger partial charge is 0.490 e. The molecule has 2 N–H and O–H groups in total. The van der Waals surface area contributed by atoms with Crippen molar-refractivity contribution in [1.29, 1.82) is 0 Å². The lowest BCUT2D eigenvalue weighted by atomic mass is 10.2. The highest BCUT2D eigenvalue weighted by atomic mass is 79.9. The molecule has 1 amide bonds. The minimum atomic E-state index is -0.0621. The van der Waals surface area contributed by atoms with E-state index in [9.17, 15) is 4.79 Å². The molecular formula is C16H24BrClN2O3. The van der Waals surface area contributed by atoms with E-state index in [1.54, 1.807) is 6.07 Å². The fourth-order valence-corrected chi connectivity index (χ4v) is 2.50. The van der Waals surface area contributed by atoms with Crippen LogP contribution >= 0.6 is 28.3 Å². The van der Waals surface area contributed by atoms with Crippen molar-refractivity contribution in [2.75, 3.05) is 31.6 Å². The summed E-state index contributed by atoms with van der Waals surface area (Å²) in [4.78, 5) is 12.0. The number of carbonyl (C=O) groups is 1. The molecule has 1 aromatic carbocycles. The minimum Gasteiger partial charge on any atom is -0.490 e. The Bertz CT molecular complexity index is 524. The van der Waals surface area contributed by atoms with Gasteiger partial charge in [-0.15, -0.1) is 12.4 Å². The Kier molecular flexibility index (Phi) is 8.73. The maximum Gasteiger partial charge on any atom is 0.238 e. The highest BCUT2D eigenvalue weighted by Crippen LogP contribution is 2.36. The zero-order chi connectivity index (χ0) is 15.9. The lowest BCUT2D eigenvalue weighted by Gasteiger charge is -2.15. The molecule has 1 aromatic rings. The van der Waals surface area contributed by atoms with Gasteiger partial charge in [0.1, 0.15) is 0 Å². The topological polar surface area (TPSA) is 59.6 Å². The summed E-state index contributed by atoms with van der Waals surface area (Å²) >= 11 is 3.46. The first kappa shape index (κ1) is 20.1. The van der Waals surface area contributed by atoms with Gasteiger partial charge in [-0.2, -0.15) is 0 Å². The van der Waals surface area contributed by atoms with Crippen LogP contribution in [0.2, 0.25) is 0 Å². The van der Waals surface area contributed by atoms with Crippen molar-refractivity contribution in [2.45, 2.75) is 26.7 Å². The summed E-state index contributed by atoms with van der Waals surface area (Å²) in [7, 11) is 0. The van der Waals surface area contributed by atoms with Crippen LogP contribution in [0.5, 0.6) is 11.5 Å². The van der Waals surface area contributed by atoms with Crippen LogP contribution in [0.4, 0.5) is 5.69 Å². The molecule has 0 radical (unpaired) electrons. The molecule has 0 bridgehead atoms. The summed E-state index contributed by atoms with van der Waals surface area (Å²) in [5, 5.41) is 6.06. The molecule has 1 fully saturated rings. The van der Waals surface area contributed by atoms with Crippen molar-refractivity contribution < 1.29 is 14.3 Å². The van der Waals surface area contributed by atoms with Crippen molar-refractivity contribution in [3.05, 3.63) is 16.6 Å². The molecule has 2 rings (SSSR count). The molecule has 1 aliphatic carbocycles. The van der Waals surface area contributed by atoms with Crippen molar-refractivity contribution in [2.24, 2.45) is 5.92 Å². The van der Waals surface area contributed by atoms with Gasteiger partial charge < -0.3 is 20.1 Å². The van der Waals surface area contributed by atoms with Crippen molar-refractivity contribution in [3.63, 3.8) is 0 Å². The molecule has 1 aliphatic rings. The molecule has 23 heavy (non-hydrogen) atoms. The number of hydrogen-bond acceptors (Lipinski definition) is 4. The molecule has 0 atom stereocenters. The van der Waals surface area contributed by atoms with E-state index in [-0.39, 0.29) is 18.3 Å². The average molecular weight is 408 g/mol. The highest BCUT2D eigenvalue weighted by molar-refractivity contribution is 9.10. The van der Waals surface area contributed by atoms with Gasteiger partial charge in [0.05, 0.1) is 25.4 Å². The molecule has 7 heteroatoms. The summed E-state index contributed by atoms with van der Waals surface area (Å²) < 4.78 is 11.9. The third-order valence-corrected chi connectivity index (χ3v) is 3.98. The van der Waals surface area contributed by atoms with Crippen LogP contribution in [0.1, 0.15) is 26.7 Å². The SMILES string of the molecule is CCOc1cc(Br)c(NC(=O)CNCC2CC2)cc1OCC.Cl. The van der Waals surface area contributed by atoms with E-state index >= 15 is 0 Å². The second-order valence-corrected chi connectivity index (χ2v) is 6.12. The maximum atomic E-state index is 12.0. The number of anilines is 1. The first-order valence-electron chi connectivity index (χ1n) is 7.73. The molecule has 1 saturated carbocycles. The molecule has 0 saturated heterocycles. The fraction of sp³-hybridized carbons (Fsp3) is 0.562. The molecular weight excluding hydrogens is 384 g/mol. The van der Waals surface area contributed by atoms with Crippen molar-refractivity contribution >= 4 is 39.9 Å². The number of benzene rings is 1. The molecule has 0 unspecified atom stereocenters. The maximum absolute atomic E-state index is 12.0. The molecule has 0 aliphatic heterocycles. The molecule has 130 valence electrons. The third kappa shape index (κ3) is 6.57. The monoisotopic (exact) mass is 406 g/mol. The van der Waals surface area contributed by atoms with E-state index in [1.807, 2.05) is 19.9 Å². The second-order valence-electron chi connectivity index (χ2n) is 5.27. The minimum absolute atomic E-state index is 0. The van der Waals surface area contributed by atoms with Crippen LogP contribution in [-0.2, 0) is 4.79 Å². The van der Waals surface area contributed by atoms with Gasteiger partial charge >= 0.3 is 0 Å². The van der Waals surface area contributed by atoms with E-state index in [2.05, 4.69) is 26.6 Å². The van der Waals surface area contributed by atoms with E-state index in [0.29, 0.717) is 36.9 Å². The molecule has 5 nitrogen and oxygen atoms in total. The van der Waals surface area contributed by atoms with E-state index in [1.165, 1.54) is 12.8 Å². The number of rotatable bonds is 9. The zero-order valence-electron chi connectivity index (χ0n) is 13.5. The van der Waals surface area contributed by atoms with Crippen LogP contribution < -0.4 is 20.1 Å². The third-order valence-electron chi connectivity index (χ3n) is 3.32. The molecule has 0 aromatic heterocycles. The quantitative estimate of drug-likeness (QED) is 0.656. The number of amides is 1. The predicted octanol–water partition coefficient (Wildman–Crippen LogP) is 3.61. The van der Waals surface area contributed by atoms with Gasteiger partial charge in [0, 0.05) is 16.6 Å². The lowest BCUT2D eigenvalue weighted by Crippen LogP contribution is -2.29. The smallest absolute Gasteiger partial charge is 0.238 e. The van der Waals surface area contributed by atoms with Crippen LogP contribution in [0, 0.1) is 5.92 Å². The van der Waals surface area contributed by atoms with E-state index in [0.717, 1.165) is 16.9 Å². The Hall–Kier alpha value is -0.980. The standard InChI is InChI=1S/C16H23BrN2O3.ClH/c1-3-21-14-7-12(17)13(8-15(14)22-4-2)19-16(20)10-18-9-11-5-6-11;/h7-8,11,18H,3-6,9-10H2,1-2H3,(H,19,20);1H. The number of hydrogen-bond donors (Lipinski definition) is 2. The van der Waals surface area contributed by atoms with Gasteiger partial charge in [-0.3, -0.25) is 4.79 Å². The Labute approximate surface area is 152 Å². The van der Waals surface area contributed by atoms with Crippen LogP contribution in [0.15, 0.2) is 16.6 Å². The Morgan fingerprint density at radius 2 is 1.83 bits per heavy atom. The highest BCUT2D eigenvalue weighted by Gasteiger charge is 2.20. The molecule has 0 spiro atoms. The van der Waals surface area contributed by atoms with E-state index in [4.69, 9.17) is 9.47 Å². The number of nitrogens with one attached hydrogen (secondary N) is 2. The Morgan fingerprint density at radius 3 is 2.39 bits per heavy atom. The van der Waals surface area contributed by atoms with E-state index < -0.39 is 0 Å². The van der Waals surface area contributed by atoms with Crippen LogP contribution in [0.3, 0.4) is 0 Å². The lowest BCUT2D eigenvalue weighted by molar-refractivity contribution is -0.115. The van der Waals surface area contributed by atoms with Crippen LogP contribution in [0.25, 0.3) is 0 Å². The Balaban J connectivity index is 0.00000264. The van der Waals surface area contributed by atoms with Gasteiger partial charge in [0.15, 0.2) is 11.5 Å². The van der Waals surface area contributed by atoms with Gasteiger partial charge in [0.2, 0.25) is 5.91 Å². The fourth-order valence-electron chi connectivity index (χ4n) is 2.07. The average Bonchev–Trinajstić information content (AvgIpc) is 3.28. The van der Waals surface area contributed by atoms with Gasteiger partial charge in [-0.05, 0) is 55.1 Å². The number of carbonyl (C=O) groups excluding carboxylic acids is 1. The summed E-state index contributed by atoms with van der Waals surface area (Å²) in [6, 6.07) is 3.61.